The van der Waals surface area contributed by atoms with Gasteiger partial charge in [0.2, 0.25) is 5.29 Å². The summed E-state index contributed by atoms with van der Waals surface area (Å²) in [6.45, 7) is 1.85. The van der Waals surface area contributed by atoms with Gasteiger partial charge >= 0.3 is 0 Å². The standard InChI is InChI=1S/C8H12Cl2N4/c9-7-11-6-12-8(10,13-7)14-4-2-1-3-5-14/h6H,1-5H2,(H,11,12,13). The van der Waals surface area contributed by atoms with Crippen LogP contribution in [-0.4, -0.2) is 34.9 Å². The molecule has 14 heavy (non-hydrogen) atoms. The molecule has 0 amide bonds. The predicted octanol–water partition coefficient (Wildman–Crippen LogP) is 1.55. The minimum absolute atomic E-state index is 0.292. The second-order valence-electron chi connectivity index (χ2n) is 3.41. The van der Waals surface area contributed by atoms with E-state index >= 15 is 0 Å². The number of piperidine rings is 1. The normalized spacial score (nSPS) is 33.7. The second kappa shape index (κ2) is 4.04. The largest absolute Gasteiger partial charge is 0.322 e. The van der Waals surface area contributed by atoms with Crippen molar-refractivity contribution in [2.75, 3.05) is 13.1 Å². The lowest BCUT2D eigenvalue weighted by Gasteiger charge is -2.36. The molecule has 1 unspecified atom stereocenters. The first-order valence-electron chi connectivity index (χ1n) is 4.70. The van der Waals surface area contributed by atoms with Gasteiger partial charge in [-0.3, -0.25) is 0 Å². The molecular formula is C8H12Cl2N4. The highest BCUT2D eigenvalue weighted by atomic mass is 35.5. The molecule has 0 aliphatic carbocycles. The smallest absolute Gasteiger partial charge is 0.291 e. The Bertz CT molecular complexity index is 273. The van der Waals surface area contributed by atoms with Gasteiger partial charge in [-0.1, -0.05) is 6.42 Å². The molecular weight excluding hydrogens is 223 g/mol. The molecule has 4 nitrogen and oxygen atoms in total. The molecule has 0 aromatic carbocycles. The maximum absolute atomic E-state index is 6.26. The average Bonchev–Trinajstić information content (AvgIpc) is 2.19. The van der Waals surface area contributed by atoms with Crippen LogP contribution in [-0.2, 0) is 0 Å². The molecule has 0 bridgehead atoms. The molecule has 0 aromatic rings. The van der Waals surface area contributed by atoms with Gasteiger partial charge in [0.25, 0.3) is 5.25 Å². The van der Waals surface area contributed by atoms with Gasteiger partial charge in [-0.2, -0.15) is 4.99 Å². The Labute approximate surface area is 93.0 Å². The van der Waals surface area contributed by atoms with Gasteiger partial charge in [0, 0.05) is 13.1 Å². The Morgan fingerprint density at radius 3 is 2.71 bits per heavy atom. The van der Waals surface area contributed by atoms with Crippen molar-refractivity contribution in [3.05, 3.63) is 0 Å². The molecule has 2 aliphatic rings. The Morgan fingerprint density at radius 2 is 2.07 bits per heavy atom. The van der Waals surface area contributed by atoms with Crippen molar-refractivity contribution >= 4 is 34.8 Å². The number of hydrogen-bond acceptors (Lipinski definition) is 4. The molecule has 0 spiro atoms. The Balaban J connectivity index is 2.13. The first kappa shape index (κ1) is 10.2. The Morgan fingerprint density at radius 1 is 1.36 bits per heavy atom. The summed E-state index contributed by atoms with van der Waals surface area (Å²) < 4.78 is 0. The van der Waals surface area contributed by atoms with E-state index in [0.29, 0.717) is 5.29 Å². The molecule has 2 heterocycles. The van der Waals surface area contributed by atoms with Crippen LogP contribution in [0.1, 0.15) is 19.3 Å². The topological polar surface area (TPSA) is 40.0 Å². The van der Waals surface area contributed by atoms with Crippen LogP contribution in [0.2, 0.25) is 0 Å². The van der Waals surface area contributed by atoms with Gasteiger partial charge in [-0.05, 0) is 36.0 Å². The van der Waals surface area contributed by atoms with Crippen molar-refractivity contribution < 1.29 is 0 Å². The summed E-state index contributed by atoms with van der Waals surface area (Å²) in [6, 6.07) is 0. The summed E-state index contributed by atoms with van der Waals surface area (Å²) in [5, 5.41) is 1.97. The summed E-state index contributed by atoms with van der Waals surface area (Å²) in [4.78, 5) is 10.3. The van der Waals surface area contributed by atoms with Crippen molar-refractivity contribution in [1.82, 2.24) is 10.2 Å². The number of nitrogens with one attached hydrogen (secondary N) is 1. The van der Waals surface area contributed by atoms with Crippen LogP contribution in [0.5, 0.6) is 0 Å². The summed E-state index contributed by atoms with van der Waals surface area (Å²) in [7, 11) is 0. The zero-order valence-corrected chi connectivity index (χ0v) is 9.22. The SMILES string of the molecule is ClC1=NC(Cl)(N2CCCCC2)N=CN1. The third kappa shape index (κ3) is 2.02. The van der Waals surface area contributed by atoms with E-state index in [1.165, 1.54) is 12.8 Å². The molecule has 1 atom stereocenters. The summed E-state index contributed by atoms with van der Waals surface area (Å²) in [5.41, 5.74) is 0. The van der Waals surface area contributed by atoms with Crippen LogP contribution in [0.3, 0.4) is 0 Å². The van der Waals surface area contributed by atoms with E-state index in [1.54, 1.807) is 0 Å². The lowest BCUT2D eigenvalue weighted by Crippen LogP contribution is -2.47. The van der Waals surface area contributed by atoms with Crippen molar-refractivity contribution in [2.24, 2.45) is 9.98 Å². The number of hydrogen-bond donors (Lipinski definition) is 1. The molecule has 2 aliphatic heterocycles. The maximum Gasteiger partial charge on any atom is 0.291 e. The van der Waals surface area contributed by atoms with Crippen molar-refractivity contribution in [1.29, 1.82) is 0 Å². The molecule has 6 heteroatoms. The van der Waals surface area contributed by atoms with Gasteiger partial charge < -0.3 is 5.32 Å². The lowest BCUT2D eigenvalue weighted by atomic mass is 10.1. The fourth-order valence-corrected chi connectivity index (χ4v) is 2.20. The number of rotatable bonds is 1. The number of alkyl halides is 1. The molecule has 0 saturated carbocycles. The number of halogens is 2. The van der Waals surface area contributed by atoms with Crippen LogP contribution in [0.15, 0.2) is 9.98 Å². The average molecular weight is 235 g/mol. The van der Waals surface area contributed by atoms with E-state index in [9.17, 15) is 0 Å². The van der Waals surface area contributed by atoms with Crippen LogP contribution in [0.4, 0.5) is 0 Å². The van der Waals surface area contributed by atoms with Gasteiger partial charge in [0.05, 0.1) is 6.34 Å². The van der Waals surface area contributed by atoms with Gasteiger partial charge in [-0.25, -0.2) is 9.89 Å². The van der Waals surface area contributed by atoms with Gasteiger partial charge in [0.15, 0.2) is 0 Å². The molecule has 1 saturated heterocycles. The number of nitrogens with zero attached hydrogens (tertiary/aromatic N) is 3. The predicted molar refractivity (Wildman–Crippen MR) is 58.9 cm³/mol. The minimum atomic E-state index is -1.01. The number of aliphatic imine (C=N–C) groups is 2. The first-order valence-corrected chi connectivity index (χ1v) is 5.46. The second-order valence-corrected chi connectivity index (χ2v) is 4.27. The lowest BCUT2D eigenvalue weighted by molar-refractivity contribution is 0.143. The fourth-order valence-electron chi connectivity index (χ4n) is 1.68. The highest BCUT2D eigenvalue weighted by Crippen LogP contribution is 2.29. The van der Waals surface area contributed by atoms with Gasteiger partial charge in [0.1, 0.15) is 0 Å². The number of likely N-dealkylation sites (tertiary alicyclic amines) is 1. The van der Waals surface area contributed by atoms with Crippen LogP contribution in [0.25, 0.3) is 0 Å². The highest BCUT2D eigenvalue weighted by molar-refractivity contribution is 6.66. The van der Waals surface area contributed by atoms with Crippen LogP contribution in [0, 0.1) is 0 Å². The highest BCUT2D eigenvalue weighted by Gasteiger charge is 2.36. The maximum atomic E-state index is 6.26. The number of amidine groups is 1. The van der Waals surface area contributed by atoms with E-state index in [1.807, 2.05) is 4.90 Å². The molecule has 1 N–H and O–H groups in total. The van der Waals surface area contributed by atoms with E-state index in [0.717, 1.165) is 25.9 Å². The van der Waals surface area contributed by atoms with Crippen molar-refractivity contribution in [3.63, 3.8) is 0 Å². The summed E-state index contributed by atoms with van der Waals surface area (Å²) in [5.74, 6) is 0. The van der Waals surface area contributed by atoms with Crippen molar-refractivity contribution in [3.8, 4) is 0 Å². The van der Waals surface area contributed by atoms with Crippen LogP contribution >= 0.6 is 23.2 Å². The summed E-state index contributed by atoms with van der Waals surface area (Å²) in [6.07, 6.45) is 5.04. The van der Waals surface area contributed by atoms with E-state index < -0.39 is 5.25 Å². The first-order chi connectivity index (χ1) is 6.71. The Hall–Kier alpha value is -0.320. The van der Waals surface area contributed by atoms with E-state index in [4.69, 9.17) is 23.2 Å². The molecule has 2 rings (SSSR count). The Kier molecular flexibility index (Phi) is 2.95. The monoisotopic (exact) mass is 234 g/mol. The van der Waals surface area contributed by atoms with E-state index in [2.05, 4.69) is 15.3 Å². The fraction of sp³-hybridized carbons (Fsp3) is 0.750. The third-order valence-electron chi connectivity index (χ3n) is 2.41. The van der Waals surface area contributed by atoms with Gasteiger partial charge in [-0.15, -0.1) is 0 Å². The minimum Gasteiger partial charge on any atom is -0.322 e. The van der Waals surface area contributed by atoms with Crippen molar-refractivity contribution in [2.45, 2.75) is 24.5 Å². The molecule has 1 fully saturated rings. The molecule has 0 aromatic heterocycles. The zero-order valence-electron chi connectivity index (χ0n) is 7.71. The summed E-state index contributed by atoms with van der Waals surface area (Å²) >= 11 is 12.0. The molecule has 0 radical (unpaired) electrons. The zero-order chi connectivity index (χ0) is 10.0. The van der Waals surface area contributed by atoms with E-state index in [-0.39, 0.29) is 0 Å². The third-order valence-corrected chi connectivity index (χ3v) is 3.03. The quantitative estimate of drug-likeness (QED) is 0.553. The molecule has 78 valence electrons. The van der Waals surface area contributed by atoms with Crippen LogP contribution < -0.4 is 5.32 Å².